The SMILES string of the molecule is CN1CCC(C)(CN(C)c2cnn(C)c2)C1. The molecular formula is C12H22N4. The van der Waals surface area contributed by atoms with Crippen LogP contribution >= 0.6 is 0 Å². The van der Waals surface area contributed by atoms with Gasteiger partial charge in [0.25, 0.3) is 0 Å². The summed E-state index contributed by atoms with van der Waals surface area (Å²) in [6.45, 7) is 5.89. The fraction of sp³-hybridized carbons (Fsp3) is 0.750. The monoisotopic (exact) mass is 222 g/mol. The molecule has 0 saturated carbocycles. The zero-order valence-electron chi connectivity index (χ0n) is 10.8. The molecule has 4 heteroatoms. The number of aryl methyl sites for hydroxylation is 1. The average Bonchev–Trinajstić information content (AvgIpc) is 2.73. The van der Waals surface area contributed by atoms with Crippen LogP contribution in [-0.4, -0.2) is 48.4 Å². The summed E-state index contributed by atoms with van der Waals surface area (Å²) in [5.41, 5.74) is 1.62. The highest BCUT2D eigenvalue weighted by Crippen LogP contribution is 2.30. The third kappa shape index (κ3) is 2.38. The Balaban J connectivity index is 1.99. The molecule has 0 spiro atoms. The van der Waals surface area contributed by atoms with Crippen LogP contribution in [0.25, 0.3) is 0 Å². The van der Waals surface area contributed by atoms with E-state index in [0.29, 0.717) is 5.41 Å². The van der Waals surface area contributed by atoms with Crippen LogP contribution in [0.5, 0.6) is 0 Å². The van der Waals surface area contributed by atoms with Gasteiger partial charge in [-0.3, -0.25) is 4.68 Å². The molecule has 0 radical (unpaired) electrons. The second-order valence-corrected chi connectivity index (χ2v) is 5.53. The Morgan fingerprint density at radius 3 is 2.75 bits per heavy atom. The topological polar surface area (TPSA) is 24.3 Å². The van der Waals surface area contributed by atoms with Gasteiger partial charge in [-0.2, -0.15) is 5.10 Å². The molecule has 0 amide bonds. The first-order valence-electron chi connectivity index (χ1n) is 5.87. The third-order valence-electron chi connectivity index (χ3n) is 3.50. The van der Waals surface area contributed by atoms with Gasteiger partial charge in [-0.05, 0) is 25.4 Å². The first-order chi connectivity index (χ1) is 7.48. The lowest BCUT2D eigenvalue weighted by Crippen LogP contribution is -2.35. The summed E-state index contributed by atoms with van der Waals surface area (Å²) < 4.78 is 1.86. The van der Waals surface area contributed by atoms with E-state index in [1.165, 1.54) is 25.2 Å². The Labute approximate surface area is 97.8 Å². The van der Waals surface area contributed by atoms with Gasteiger partial charge in [0.05, 0.1) is 11.9 Å². The quantitative estimate of drug-likeness (QED) is 0.768. The molecule has 1 saturated heterocycles. The van der Waals surface area contributed by atoms with Crippen molar-refractivity contribution in [1.82, 2.24) is 14.7 Å². The molecule has 1 fully saturated rings. The van der Waals surface area contributed by atoms with Crippen LogP contribution in [0.4, 0.5) is 5.69 Å². The normalized spacial score (nSPS) is 26.2. The van der Waals surface area contributed by atoms with E-state index >= 15 is 0 Å². The first-order valence-corrected chi connectivity index (χ1v) is 5.87. The van der Waals surface area contributed by atoms with Gasteiger partial charge in [0.15, 0.2) is 0 Å². The lowest BCUT2D eigenvalue weighted by molar-refractivity contribution is 0.314. The smallest absolute Gasteiger partial charge is 0.0749 e. The van der Waals surface area contributed by atoms with Gasteiger partial charge in [-0.15, -0.1) is 0 Å². The molecule has 1 aliphatic rings. The maximum Gasteiger partial charge on any atom is 0.0749 e. The van der Waals surface area contributed by atoms with Gasteiger partial charge >= 0.3 is 0 Å². The summed E-state index contributed by atoms with van der Waals surface area (Å²) in [5.74, 6) is 0. The van der Waals surface area contributed by atoms with Crippen molar-refractivity contribution in [3.8, 4) is 0 Å². The number of rotatable bonds is 3. The molecule has 1 unspecified atom stereocenters. The molecule has 1 atom stereocenters. The van der Waals surface area contributed by atoms with Crippen LogP contribution in [0.2, 0.25) is 0 Å². The van der Waals surface area contributed by atoms with E-state index in [2.05, 4.69) is 42.1 Å². The second kappa shape index (κ2) is 4.09. The summed E-state index contributed by atoms with van der Waals surface area (Å²) in [7, 11) is 6.32. The van der Waals surface area contributed by atoms with Crippen molar-refractivity contribution in [3.05, 3.63) is 12.4 Å². The van der Waals surface area contributed by atoms with Crippen molar-refractivity contribution < 1.29 is 0 Å². The number of aromatic nitrogens is 2. The largest absolute Gasteiger partial charge is 0.371 e. The minimum Gasteiger partial charge on any atom is -0.371 e. The van der Waals surface area contributed by atoms with Crippen LogP contribution < -0.4 is 4.90 Å². The van der Waals surface area contributed by atoms with E-state index in [1.54, 1.807) is 0 Å². The summed E-state index contributed by atoms with van der Waals surface area (Å²) >= 11 is 0. The first kappa shape index (κ1) is 11.5. The average molecular weight is 222 g/mol. The lowest BCUT2D eigenvalue weighted by Gasteiger charge is -2.30. The van der Waals surface area contributed by atoms with Crippen molar-refractivity contribution in [2.45, 2.75) is 13.3 Å². The number of nitrogens with zero attached hydrogens (tertiary/aromatic N) is 4. The highest BCUT2D eigenvalue weighted by molar-refractivity contribution is 5.41. The molecule has 90 valence electrons. The van der Waals surface area contributed by atoms with Crippen molar-refractivity contribution in [1.29, 1.82) is 0 Å². The summed E-state index contributed by atoms with van der Waals surface area (Å²) in [6.07, 6.45) is 5.29. The molecule has 1 aliphatic heterocycles. The van der Waals surface area contributed by atoms with Crippen LogP contribution in [0.1, 0.15) is 13.3 Å². The predicted octanol–water partition coefficient (Wildman–Crippen LogP) is 1.20. The maximum absolute atomic E-state index is 4.21. The van der Waals surface area contributed by atoms with E-state index < -0.39 is 0 Å². The van der Waals surface area contributed by atoms with Gasteiger partial charge < -0.3 is 9.80 Å². The molecule has 0 aromatic carbocycles. The van der Waals surface area contributed by atoms with Crippen molar-refractivity contribution >= 4 is 5.69 Å². The van der Waals surface area contributed by atoms with Gasteiger partial charge in [0, 0.05) is 33.4 Å². The van der Waals surface area contributed by atoms with Crippen LogP contribution in [0, 0.1) is 5.41 Å². The molecule has 1 aromatic heterocycles. The van der Waals surface area contributed by atoms with Crippen molar-refractivity contribution in [2.75, 3.05) is 38.6 Å². The Hall–Kier alpha value is -1.03. The van der Waals surface area contributed by atoms with E-state index in [1.807, 2.05) is 17.9 Å². The van der Waals surface area contributed by atoms with E-state index in [9.17, 15) is 0 Å². The van der Waals surface area contributed by atoms with Crippen molar-refractivity contribution in [3.63, 3.8) is 0 Å². The second-order valence-electron chi connectivity index (χ2n) is 5.53. The fourth-order valence-corrected chi connectivity index (χ4v) is 2.67. The van der Waals surface area contributed by atoms with E-state index in [-0.39, 0.29) is 0 Å². The summed E-state index contributed by atoms with van der Waals surface area (Å²) in [4.78, 5) is 4.73. The molecular weight excluding hydrogens is 200 g/mol. The zero-order chi connectivity index (χ0) is 11.8. The summed E-state index contributed by atoms with van der Waals surface area (Å²) in [6, 6.07) is 0. The number of likely N-dealkylation sites (tertiary alicyclic amines) is 1. The molecule has 0 bridgehead atoms. The Bertz CT molecular complexity index is 360. The van der Waals surface area contributed by atoms with E-state index in [0.717, 1.165) is 6.54 Å². The maximum atomic E-state index is 4.21. The third-order valence-corrected chi connectivity index (χ3v) is 3.50. The van der Waals surface area contributed by atoms with Crippen LogP contribution in [0.3, 0.4) is 0 Å². The molecule has 16 heavy (non-hydrogen) atoms. The Morgan fingerprint density at radius 2 is 2.25 bits per heavy atom. The highest BCUT2D eigenvalue weighted by Gasteiger charge is 2.33. The zero-order valence-corrected chi connectivity index (χ0v) is 10.8. The van der Waals surface area contributed by atoms with Crippen LogP contribution in [-0.2, 0) is 7.05 Å². The Morgan fingerprint density at radius 1 is 1.50 bits per heavy atom. The minimum absolute atomic E-state index is 0.416. The number of anilines is 1. The van der Waals surface area contributed by atoms with Gasteiger partial charge in [-0.25, -0.2) is 0 Å². The molecule has 2 heterocycles. The lowest BCUT2D eigenvalue weighted by atomic mass is 9.89. The molecule has 2 rings (SSSR count). The predicted molar refractivity (Wildman–Crippen MR) is 66.7 cm³/mol. The Kier molecular flexibility index (Phi) is 2.93. The van der Waals surface area contributed by atoms with Crippen LogP contribution in [0.15, 0.2) is 12.4 Å². The van der Waals surface area contributed by atoms with Crippen molar-refractivity contribution in [2.24, 2.45) is 12.5 Å². The van der Waals surface area contributed by atoms with Gasteiger partial charge in [0.1, 0.15) is 0 Å². The fourth-order valence-electron chi connectivity index (χ4n) is 2.67. The molecule has 4 nitrogen and oxygen atoms in total. The van der Waals surface area contributed by atoms with Gasteiger partial charge in [-0.1, -0.05) is 6.92 Å². The van der Waals surface area contributed by atoms with Gasteiger partial charge in [0.2, 0.25) is 0 Å². The van der Waals surface area contributed by atoms with E-state index in [4.69, 9.17) is 0 Å². The molecule has 0 N–H and O–H groups in total. The molecule has 0 aliphatic carbocycles. The highest BCUT2D eigenvalue weighted by atomic mass is 15.3. The number of hydrogen-bond donors (Lipinski definition) is 0. The molecule has 1 aromatic rings. The number of hydrogen-bond acceptors (Lipinski definition) is 3. The minimum atomic E-state index is 0.416. The summed E-state index contributed by atoms with van der Waals surface area (Å²) in [5, 5.41) is 4.21. The standard InChI is InChI=1S/C12H22N4/c1-12(5-6-14(2)9-12)10-15(3)11-7-13-16(4)8-11/h7-8H,5-6,9-10H2,1-4H3.